The van der Waals surface area contributed by atoms with Gasteiger partial charge in [0, 0.05) is 18.5 Å². The number of rotatable bonds is 9. The van der Waals surface area contributed by atoms with Crippen LogP contribution in [0, 0.1) is 0 Å². The van der Waals surface area contributed by atoms with E-state index in [9.17, 15) is 14.4 Å². The van der Waals surface area contributed by atoms with Gasteiger partial charge >= 0.3 is 12.4 Å². The first kappa shape index (κ1) is 14.9. The minimum absolute atomic E-state index is 0.217. The van der Waals surface area contributed by atoms with Crippen molar-refractivity contribution < 1.29 is 19.1 Å². The van der Waals surface area contributed by atoms with E-state index in [1.165, 1.54) is 0 Å². The van der Waals surface area contributed by atoms with Gasteiger partial charge in [0.25, 0.3) is 0 Å². The molecule has 0 unspecified atom stereocenters. The summed E-state index contributed by atoms with van der Waals surface area (Å²) >= 11 is 0. The Morgan fingerprint density at radius 1 is 1.16 bits per heavy atom. The van der Waals surface area contributed by atoms with Gasteiger partial charge in [0.1, 0.15) is 0 Å². The molecule has 0 heterocycles. The Balaban J connectivity index is 2.16. The molecule has 5 heteroatoms. The lowest BCUT2D eigenvalue weighted by molar-refractivity contribution is -0.142. The van der Waals surface area contributed by atoms with Crippen molar-refractivity contribution >= 4 is 18.2 Å². The van der Waals surface area contributed by atoms with Crippen molar-refractivity contribution in [3.63, 3.8) is 0 Å². The van der Waals surface area contributed by atoms with Gasteiger partial charge in [0.15, 0.2) is 12.4 Å². The summed E-state index contributed by atoms with van der Waals surface area (Å²) in [6.07, 6.45) is 3.07. The van der Waals surface area contributed by atoms with Crippen molar-refractivity contribution in [2.24, 2.45) is 0 Å². The normalized spacial score (nSPS) is 9.68. The lowest BCUT2D eigenvalue weighted by atomic mass is 10.1. The van der Waals surface area contributed by atoms with E-state index in [0.717, 1.165) is 0 Å². The number of hydrogen-bond donors (Lipinski definition) is 1. The van der Waals surface area contributed by atoms with Gasteiger partial charge in [-0.15, -0.1) is 0 Å². The zero-order valence-corrected chi connectivity index (χ0v) is 10.6. The first-order valence-electron chi connectivity index (χ1n) is 6.08. The summed E-state index contributed by atoms with van der Waals surface area (Å²) in [6.45, 7) is 0.253. The molecule has 101 valence electrons. The Bertz CT molecular complexity index is 417. The lowest BCUT2D eigenvalue weighted by Gasteiger charge is -2.04. The monoisotopic (exact) mass is 262 g/mol. The van der Waals surface area contributed by atoms with E-state index in [-0.39, 0.29) is 18.8 Å². The Morgan fingerprint density at radius 3 is 2.58 bits per heavy atom. The van der Waals surface area contributed by atoms with E-state index in [1.807, 2.05) is 6.07 Å². The van der Waals surface area contributed by atoms with Crippen LogP contribution in [-0.4, -0.2) is 31.3 Å². The predicted molar refractivity (Wildman–Crippen MR) is 69.3 cm³/mol. The number of esters is 1. The van der Waals surface area contributed by atoms with Crippen LogP contribution < -0.4 is 5.32 Å². The SMILES string of the molecule is O=[C]NCCCCC(=O)OCC(=O)c1ccccc1. The molecule has 0 fully saturated rings. The molecule has 0 saturated heterocycles. The minimum Gasteiger partial charge on any atom is -0.457 e. The zero-order chi connectivity index (χ0) is 13.9. The zero-order valence-electron chi connectivity index (χ0n) is 10.6. The van der Waals surface area contributed by atoms with Crippen LogP contribution >= 0.6 is 0 Å². The molecule has 0 atom stereocenters. The highest BCUT2D eigenvalue weighted by atomic mass is 16.5. The van der Waals surface area contributed by atoms with Crippen molar-refractivity contribution in [2.45, 2.75) is 19.3 Å². The van der Waals surface area contributed by atoms with Crippen LogP contribution in [0.1, 0.15) is 29.6 Å². The van der Waals surface area contributed by atoms with Crippen molar-refractivity contribution in [1.82, 2.24) is 5.32 Å². The Hall–Kier alpha value is -2.17. The summed E-state index contributed by atoms with van der Waals surface area (Å²) in [5.74, 6) is -0.620. The number of unbranched alkanes of at least 4 members (excludes halogenated alkanes) is 1. The quantitative estimate of drug-likeness (QED) is 0.314. The van der Waals surface area contributed by atoms with Crippen LogP contribution in [0.25, 0.3) is 0 Å². The molecule has 1 rings (SSSR count). The highest BCUT2D eigenvalue weighted by Crippen LogP contribution is 2.02. The predicted octanol–water partition coefficient (Wildman–Crippen LogP) is 1.24. The highest BCUT2D eigenvalue weighted by molar-refractivity contribution is 5.97. The number of ketones is 1. The smallest absolute Gasteiger partial charge is 0.309 e. The number of hydrogen-bond acceptors (Lipinski definition) is 4. The fourth-order valence-corrected chi connectivity index (χ4v) is 1.46. The number of ether oxygens (including phenoxy) is 1. The topological polar surface area (TPSA) is 72.5 Å². The molecule has 0 aliphatic carbocycles. The average Bonchev–Trinajstić information content (AvgIpc) is 2.45. The Kier molecular flexibility index (Phi) is 6.94. The van der Waals surface area contributed by atoms with Gasteiger partial charge in [-0.25, -0.2) is 0 Å². The van der Waals surface area contributed by atoms with E-state index in [0.29, 0.717) is 24.9 Å². The molecule has 0 aliphatic rings. The van der Waals surface area contributed by atoms with Gasteiger partial charge in [-0.2, -0.15) is 0 Å². The van der Waals surface area contributed by atoms with Gasteiger partial charge in [-0.3, -0.25) is 14.4 Å². The Morgan fingerprint density at radius 2 is 1.89 bits per heavy atom. The average molecular weight is 262 g/mol. The second-order valence-corrected chi connectivity index (χ2v) is 3.94. The molecule has 1 amide bonds. The molecule has 5 nitrogen and oxygen atoms in total. The van der Waals surface area contributed by atoms with E-state index >= 15 is 0 Å². The number of carbonyl (C=O) groups excluding carboxylic acids is 3. The van der Waals surface area contributed by atoms with Crippen molar-refractivity contribution in [3.05, 3.63) is 35.9 Å². The standard InChI is InChI=1S/C14H16NO4/c16-11-15-9-5-4-8-14(18)19-10-13(17)12-6-2-1-3-7-12/h1-3,6-7H,4-5,8-10H2,(H,15,16). The third-order valence-corrected chi connectivity index (χ3v) is 2.46. The van der Waals surface area contributed by atoms with Gasteiger partial charge < -0.3 is 10.1 Å². The first-order valence-corrected chi connectivity index (χ1v) is 6.08. The van der Waals surface area contributed by atoms with Gasteiger partial charge in [-0.1, -0.05) is 30.3 Å². The molecular formula is C14H16NO4. The summed E-state index contributed by atoms with van der Waals surface area (Å²) in [4.78, 5) is 32.8. The van der Waals surface area contributed by atoms with Gasteiger partial charge in [0.2, 0.25) is 0 Å². The minimum atomic E-state index is -0.403. The van der Waals surface area contributed by atoms with Crippen molar-refractivity contribution in [3.8, 4) is 0 Å². The largest absolute Gasteiger partial charge is 0.457 e. The molecule has 0 aliphatic heterocycles. The molecule has 0 aromatic heterocycles. The van der Waals surface area contributed by atoms with Crippen LogP contribution in [0.4, 0.5) is 0 Å². The highest BCUT2D eigenvalue weighted by Gasteiger charge is 2.09. The summed E-state index contributed by atoms with van der Waals surface area (Å²) in [6, 6.07) is 8.68. The molecule has 1 radical (unpaired) electrons. The summed E-state index contributed by atoms with van der Waals surface area (Å²) < 4.78 is 4.88. The third-order valence-electron chi connectivity index (χ3n) is 2.46. The maximum Gasteiger partial charge on any atom is 0.309 e. The van der Waals surface area contributed by atoms with E-state index < -0.39 is 5.97 Å². The molecular weight excluding hydrogens is 246 g/mol. The summed E-state index contributed by atoms with van der Waals surface area (Å²) in [7, 11) is 0. The summed E-state index contributed by atoms with van der Waals surface area (Å²) in [5.41, 5.74) is 0.529. The molecule has 1 aromatic rings. The first-order chi connectivity index (χ1) is 9.24. The third kappa shape index (κ3) is 6.35. The number of Topliss-reactive ketones (excluding diaryl/α,β-unsaturated/α-hetero) is 1. The fourth-order valence-electron chi connectivity index (χ4n) is 1.46. The van der Waals surface area contributed by atoms with Crippen LogP contribution in [0.15, 0.2) is 30.3 Å². The van der Waals surface area contributed by atoms with Gasteiger partial charge in [0.05, 0.1) is 0 Å². The molecule has 0 spiro atoms. The van der Waals surface area contributed by atoms with Crippen LogP contribution in [0.2, 0.25) is 0 Å². The molecule has 19 heavy (non-hydrogen) atoms. The van der Waals surface area contributed by atoms with Crippen LogP contribution in [0.5, 0.6) is 0 Å². The van der Waals surface area contributed by atoms with Crippen LogP contribution in [0.3, 0.4) is 0 Å². The second kappa shape index (κ2) is 8.85. The molecule has 1 aromatic carbocycles. The molecule has 1 N–H and O–H groups in total. The van der Waals surface area contributed by atoms with Crippen molar-refractivity contribution in [1.29, 1.82) is 0 Å². The number of carbonyl (C=O) groups is 2. The fraction of sp³-hybridized carbons (Fsp3) is 0.357. The number of nitrogens with one attached hydrogen (secondary N) is 1. The Labute approximate surface area is 111 Å². The summed E-state index contributed by atoms with van der Waals surface area (Å²) in [5, 5.41) is 2.38. The second-order valence-electron chi connectivity index (χ2n) is 3.94. The van der Waals surface area contributed by atoms with Gasteiger partial charge in [-0.05, 0) is 12.8 Å². The van der Waals surface area contributed by atoms with E-state index in [4.69, 9.17) is 4.74 Å². The van der Waals surface area contributed by atoms with Crippen LogP contribution in [-0.2, 0) is 14.3 Å². The van der Waals surface area contributed by atoms with Crippen molar-refractivity contribution in [2.75, 3.05) is 13.2 Å². The maximum atomic E-state index is 11.6. The molecule has 0 bridgehead atoms. The van der Waals surface area contributed by atoms with E-state index in [1.54, 1.807) is 30.7 Å². The molecule has 0 saturated carbocycles. The number of amides is 1. The van der Waals surface area contributed by atoms with E-state index in [2.05, 4.69) is 5.32 Å². The number of benzene rings is 1. The maximum absolute atomic E-state index is 11.6. The lowest BCUT2D eigenvalue weighted by Crippen LogP contribution is -2.15.